The molecule has 7 nitrogen and oxygen atoms in total. The van der Waals surface area contributed by atoms with Crippen LogP contribution in [0, 0.1) is 0 Å². The van der Waals surface area contributed by atoms with Crippen molar-refractivity contribution < 1.29 is 22.7 Å². The average Bonchev–Trinajstić information content (AvgIpc) is 2.84. The number of nitrogens with one attached hydrogen (secondary N) is 1. The molecule has 0 bridgehead atoms. The van der Waals surface area contributed by atoms with Gasteiger partial charge in [-0.2, -0.15) is 0 Å². The molecule has 33 heavy (non-hydrogen) atoms. The van der Waals surface area contributed by atoms with Crippen LogP contribution in [0.15, 0.2) is 83.8 Å². The average molecular weight is 469 g/mol. The molecule has 0 aliphatic rings. The van der Waals surface area contributed by atoms with Crippen molar-refractivity contribution in [1.82, 2.24) is 5.32 Å². The van der Waals surface area contributed by atoms with Crippen LogP contribution in [-0.4, -0.2) is 34.6 Å². The molecule has 0 saturated carbocycles. The molecule has 0 radical (unpaired) electrons. The molecule has 0 heterocycles. The van der Waals surface area contributed by atoms with Crippen LogP contribution in [0.1, 0.15) is 25.5 Å². The lowest BCUT2D eigenvalue weighted by molar-refractivity contribution is -0.123. The van der Waals surface area contributed by atoms with Crippen LogP contribution in [0.2, 0.25) is 0 Å². The van der Waals surface area contributed by atoms with E-state index in [1.54, 1.807) is 68.6 Å². The first kappa shape index (κ1) is 24.1. The van der Waals surface area contributed by atoms with Crippen molar-refractivity contribution in [2.24, 2.45) is 0 Å². The first-order valence-corrected chi connectivity index (χ1v) is 12.0. The first-order chi connectivity index (χ1) is 15.9. The summed E-state index contributed by atoms with van der Waals surface area (Å²) in [6.45, 7) is 3.76. The first-order valence-electron chi connectivity index (χ1n) is 10.6. The van der Waals surface area contributed by atoms with Crippen LogP contribution >= 0.6 is 0 Å². The van der Waals surface area contributed by atoms with Gasteiger partial charge in [-0.25, -0.2) is 8.42 Å². The number of sulfonamides is 1. The lowest BCUT2D eigenvalue weighted by atomic mass is 10.1. The quantitative estimate of drug-likeness (QED) is 0.483. The summed E-state index contributed by atoms with van der Waals surface area (Å²) >= 11 is 0. The van der Waals surface area contributed by atoms with E-state index in [1.807, 2.05) is 31.2 Å². The number of hydrogen-bond donors (Lipinski definition) is 1. The minimum atomic E-state index is -3.67. The number of carbonyl (C=O) groups excluding carboxylic acids is 1. The molecule has 0 saturated heterocycles. The van der Waals surface area contributed by atoms with E-state index < -0.39 is 10.0 Å². The zero-order valence-corrected chi connectivity index (χ0v) is 19.7. The Hall–Kier alpha value is -3.52. The molecule has 0 spiro atoms. The summed E-state index contributed by atoms with van der Waals surface area (Å²) in [7, 11) is -2.08. The summed E-state index contributed by atoms with van der Waals surface area (Å²) < 4.78 is 38.2. The smallest absolute Gasteiger partial charge is 0.264 e. The summed E-state index contributed by atoms with van der Waals surface area (Å²) in [5, 5.41) is 2.89. The van der Waals surface area contributed by atoms with Gasteiger partial charge >= 0.3 is 0 Å². The molecule has 1 N–H and O–H groups in total. The maximum Gasteiger partial charge on any atom is 0.264 e. The SMILES string of the molecule is CCN(c1ccc(OCC(=O)N[C@@H](C)c2ccccc2OC)cc1)S(=O)(=O)c1ccccc1. The number of nitrogens with zero attached hydrogens (tertiary/aromatic N) is 1. The zero-order chi connectivity index (χ0) is 23.8. The number of benzene rings is 3. The number of anilines is 1. The molecule has 0 aliphatic carbocycles. The zero-order valence-electron chi connectivity index (χ0n) is 18.9. The maximum absolute atomic E-state index is 13.0. The fourth-order valence-corrected chi connectivity index (χ4v) is 4.95. The second-order valence-corrected chi connectivity index (χ2v) is 9.16. The van der Waals surface area contributed by atoms with E-state index in [-0.39, 0.29) is 30.0 Å². The van der Waals surface area contributed by atoms with Crippen molar-refractivity contribution in [2.75, 3.05) is 24.6 Å². The highest BCUT2D eigenvalue weighted by Gasteiger charge is 2.23. The van der Waals surface area contributed by atoms with Gasteiger partial charge in [0.1, 0.15) is 11.5 Å². The number of methoxy groups -OCH3 is 1. The number of rotatable bonds is 10. The van der Waals surface area contributed by atoms with Gasteiger partial charge in [-0.15, -0.1) is 0 Å². The molecule has 3 rings (SSSR count). The van der Waals surface area contributed by atoms with Gasteiger partial charge < -0.3 is 14.8 Å². The maximum atomic E-state index is 13.0. The van der Waals surface area contributed by atoms with Gasteiger partial charge in [-0.1, -0.05) is 36.4 Å². The lowest BCUT2D eigenvalue weighted by Crippen LogP contribution is -2.31. The van der Waals surface area contributed by atoms with E-state index in [4.69, 9.17) is 9.47 Å². The number of ether oxygens (including phenoxy) is 2. The summed E-state index contributed by atoms with van der Waals surface area (Å²) in [6.07, 6.45) is 0. The number of para-hydroxylation sites is 1. The molecule has 3 aromatic rings. The van der Waals surface area contributed by atoms with E-state index in [2.05, 4.69) is 5.32 Å². The molecular formula is C25H28N2O5S. The Bertz CT molecular complexity index is 1160. The molecule has 174 valence electrons. The Kier molecular flexibility index (Phi) is 7.95. The van der Waals surface area contributed by atoms with Gasteiger partial charge in [0.2, 0.25) is 0 Å². The fourth-order valence-electron chi connectivity index (χ4n) is 3.45. The second-order valence-electron chi connectivity index (χ2n) is 7.30. The van der Waals surface area contributed by atoms with Crippen molar-refractivity contribution in [3.8, 4) is 11.5 Å². The third-order valence-corrected chi connectivity index (χ3v) is 7.01. The Morgan fingerprint density at radius 3 is 2.24 bits per heavy atom. The monoisotopic (exact) mass is 468 g/mol. The van der Waals surface area contributed by atoms with Crippen molar-refractivity contribution in [1.29, 1.82) is 0 Å². The molecule has 3 aromatic carbocycles. The van der Waals surface area contributed by atoms with Crippen LogP contribution < -0.4 is 19.1 Å². The molecule has 8 heteroatoms. The number of amides is 1. The minimum Gasteiger partial charge on any atom is -0.496 e. The Labute approximate surface area is 195 Å². The summed E-state index contributed by atoms with van der Waals surface area (Å²) in [6, 6.07) is 22.2. The van der Waals surface area contributed by atoms with Crippen LogP contribution in [0.4, 0.5) is 5.69 Å². The predicted molar refractivity (Wildman–Crippen MR) is 128 cm³/mol. The predicted octanol–water partition coefficient (Wildman–Crippen LogP) is 4.17. The van der Waals surface area contributed by atoms with Crippen LogP contribution in [0.25, 0.3) is 0 Å². The molecular weight excluding hydrogens is 440 g/mol. The molecule has 1 amide bonds. The van der Waals surface area contributed by atoms with Crippen molar-refractivity contribution >= 4 is 21.6 Å². The Morgan fingerprint density at radius 2 is 1.61 bits per heavy atom. The van der Waals surface area contributed by atoms with E-state index in [1.165, 1.54) is 4.31 Å². The van der Waals surface area contributed by atoms with E-state index in [0.29, 0.717) is 17.2 Å². The summed E-state index contributed by atoms with van der Waals surface area (Å²) in [5.41, 5.74) is 1.39. The summed E-state index contributed by atoms with van der Waals surface area (Å²) in [5.74, 6) is 0.888. The highest BCUT2D eigenvalue weighted by atomic mass is 32.2. The number of carbonyl (C=O) groups is 1. The van der Waals surface area contributed by atoms with Crippen molar-refractivity contribution in [2.45, 2.75) is 24.8 Å². The third-order valence-electron chi connectivity index (χ3n) is 5.10. The van der Waals surface area contributed by atoms with Gasteiger partial charge in [0, 0.05) is 12.1 Å². The van der Waals surface area contributed by atoms with Crippen molar-refractivity contribution in [3.05, 3.63) is 84.4 Å². The van der Waals surface area contributed by atoms with Gasteiger partial charge in [0.15, 0.2) is 6.61 Å². The minimum absolute atomic E-state index is 0.168. The van der Waals surface area contributed by atoms with Gasteiger partial charge in [-0.3, -0.25) is 9.10 Å². The highest BCUT2D eigenvalue weighted by molar-refractivity contribution is 7.92. The summed E-state index contributed by atoms with van der Waals surface area (Å²) in [4.78, 5) is 12.6. The van der Waals surface area contributed by atoms with Gasteiger partial charge in [-0.05, 0) is 56.3 Å². The molecule has 1 atom stereocenters. The van der Waals surface area contributed by atoms with E-state index >= 15 is 0 Å². The molecule has 0 fully saturated rings. The Morgan fingerprint density at radius 1 is 0.970 bits per heavy atom. The van der Waals surface area contributed by atoms with Gasteiger partial charge in [0.25, 0.3) is 15.9 Å². The lowest BCUT2D eigenvalue weighted by Gasteiger charge is -2.23. The Balaban J connectivity index is 1.61. The van der Waals surface area contributed by atoms with E-state index in [9.17, 15) is 13.2 Å². The van der Waals surface area contributed by atoms with E-state index in [0.717, 1.165) is 5.56 Å². The fraction of sp³-hybridized carbons (Fsp3) is 0.240. The standard InChI is InChI=1S/C25H28N2O5S/c1-4-27(33(29,30)22-10-6-5-7-11-22)20-14-16-21(17-15-20)32-18-25(28)26-19(2)23-12-8-9-13-24(23)31-3/h5-17,19H,4,18H2,1-3H3,(H,26,28)/t19-/m0/s1. The second kappa shape index (κ2) is 10.9. The van der Waals surface area contributed by atoms with Crippen LogP contribution in [0.3, 0.4) is 0 Å². The van der Waals surface area contributed by atoms with Crippen LogP contribution in [0.5, 0.6) is 11.5 Å². The normalized spacial score (nSPS) is 12.0. The highest BCUT2D eigenvalue weighted by Crippen LogP contribution is 2.26. The third kappa shape index (κ3) is 5.84. The van der Waals surface area contributed by atoms with Crippen molar-refractivity contribution in [3.63, 3.8) is 0 Å². The molecule has 0 aromatic heterocycles. The number of hydrogen-bond acceptors (Lipinski definition) is 5. The molecule has 0 unspecified atom stereocenters. The van der Waals surface area contributed by atoms with Crippen LogP contribution in [-0.2, 0) is 14.8 Å². The van der Waals surface area contributed by atoms with Gasteiger partial charge in [0.05, 0.1) is 23.7 Å². The largest absolute Gasteiger partial charge is 0.496 e. The molecule has 0 aliphatic heterocycles. The topological polar surface area (TPSA) is 84.9 Å².